The maximum absolute atomic E-state index is 12.1. The minimum Gasteiger partial charge on any atom is -0.506 e. The number of nitrogens with one attached hydrogen (secondary N) is 1. The number of phenolic OH excluding ortho intramolecular Hbond substituents is 1. The number of fused-ring (bicyclic) bond motifs is 1. The molecule has 0 saturated heterocycles. The van der Waals surface area contributed by atoms with Gasteiger partial charge in [-0.05, 0) is 29.7 Å². The average molecular weight is 372 g/mol. The molecule has 0 spiro atoms. The molecule has 4 nitrogen and oxygen atoms in total. The molecule has 0 aromatic heterocycles. The van der Waals surface area contributed by atoms with E-state index in [4.69, 9.17) is 4.74 Å². The normalized spacial score (nSPS) is 10.5. The molecule has 3 aromatic carbocycles. The number of benzene rings is 3. The van der Waals surface area contributed by atoms with E-state index >= 15 is 0 Å². The maximum atomic E-state index is 12.1. The molecule has 3 aromatic rings. The van der Waals surface area contributed by atoms with Gasteiger partial charge in [0.2, 0.25) is 0 Å². The minimum absolute atomic E-state index is 0.0273. The van der Waals surface area contributed by atoms with Crippen molar-refractivity contribution < 1.29 is 14.6 Å². The van der Waals surface area contributed by atoms with E-state index in [1.807, 2.05) is 36.4 Å². The van der Waals surface area contributed by atoms with Crippen LogP contribution in [0.4, 0.5) is 5.69 Å². The van der Waals surface area contributed by atoms with Crippen LogP contribution in [0.25, 0.3) is 10.8 Å². The molecule has 0 aliphatic rings. The molecular weight excluding hydrogens is 358 g/mol. The first-order chi connectivity index (χ1) is 11.1. The topological polar surface area (TPSA) is 58.6 Å². The number of anilines is 1. The van der Waals surface area contributed by atoms with Crippen LogP contribution in [0.15, 0.2) is 65.1 Å². The van der Waals surface area contributed by atoms with Crippen molar-refractivity contribution in [1.29, 1.82) is 0 Å². The van der Waals surface area contributed by atoms with Crippen molar-refractivity contribution in [3.63, 3.8) is 0 Å². The van der Waals surface area contributed by atoms with Gasteiger partial charge in [0.25, 0.3) is 5.91 Å². The lowest BCUT2D eigenvalue weighted by atomic mass is 10.1. The smallest absolute Gasteiger partial charge is 0.262 e. The highest BCUT2D eigenvalue weighted by molar-refractivity contribution is 9.10. The fourth-order valence-electron chi connectivity index (χ4n) is 2.27. The van der Waals surface area contributed by atoms with E-state index in [-0.39, 0.29) is 18.3 Å². The SMILES string of the molecule is O=C(COc1cccc(Br)c1)Nc1c(O)ccc2ccccc12. The van der Waals surface area contributed by atoms with Crippen molar-refractivity contribution in [3.05, 3.63) is 65.1 Å². The molecule has 23 heavy (non-hydrogen) atoms. The molecule has 0 atom stereocenters. The summed E-state index contributed by atoms with van der Waals surface area (Å²) in [7, 11) is 0. The van der Waals surface area contributed by atoms with Gasteiger partial charge in [-0.25, -0.2) is 0 Å². The lowest BCUT2D eigenvalue weighted by molar-refractivity contribution is -0.118. The van der Waals surface area contributed by atoms with E-state index in [0.717, 1.165) is 15.2 Å². The molecule has 0 aliphatic heterocycles. The highest BCUT2D eigenvalue weighted by Gasteiger charge is 2.11. The molecule has 0 aliphatic carbocycles. The van der Waals surface area contributed by atoms with E-state index in [0.29, 0.717) is 11.4 Å². The van der Waals surface area contributed by atoms with E-state index in [9.17, 15) is 9.90 Å². The summed E-state index contributed by atoms with van der Waals surface area (Å²) in [6, 6.07) is 18.1. The monoisotopic (exact) mass is 371 g/mol. The molecule has 5 heteroatoms. The number of amides is 1. The molecule has 2 N–H and O–H groups in total. The first kappa shape index (κ1) is 15.4. The van der Waals surface area contributed by atoms with Crippen molar-refractivity contribution in [2.45, 2.75) is 0 Å². The number of carbonyl (C=O) groups excluding carboxylic acids is 1. The van der Waals surface area contributed by atoms with Crippen LogP contribution >= 0.6 is 15.9 Å². The number of rotatable bonds is 4. The predicted octanol–water partition coefficient (Wildman–Crippen LogP) is 4.33. The summed E-state index contributed by atoms with van der Waals surface area (Å²) in [5, 5.41) is 14.4. The zero-order valence-corrected chi connectivity index (χ0v) is 13.7. The third-order valence-electron chi connectivity index (χ3n) is 3.34. The third-order valence-corrected chi connectivity index (χ3v) is 3.83. The van der Waals surface area contributed by atoms with Crippen LogP contribution in [0.1, 0.15) is 0 Å². The van der Waals surface area contributed by atoms with Crippen molar-refractivity contribution in [1.82, 2.24) is 0 Å². The van der Waals surface area contributed by atoms with Crippen LogP contribution in [-0.2, 0) is 4.79 Å². The quantitative estimate of drug-likeness (QED) is 0.671. The molecule has 0 fully saturated rings. The fraction of sp³-hybridized carbons (Fsp3) is 0.0556. The Morgan fingerprint density at radius 2 is 1.91 bits per heavy atom. The van der Waals surface area contributed by atoms with Gasteiger partial charge in [-0.1, -0.05) is 52.3 Å². The first-order valence-electron chi connectivity index (χ1n) is 7.02. The second-order valence-corrected chi connectivity index (χ2v) is 5.89. The van der Waals surface area contributed by atoms with Gasteiger partial charge in [-0.2, -0.15) is 0 Å². The van der Waals surface area contributed by atoms with Crippen LogP contribution in [-0.4, -0.2) is 17.6 Å². The Morgan fingerprint density at radius 1 is 1.09 bits per heavy atom. The molecule has 0 radical (unpaired) electrons. The van der Waals surface area contributed by atoms with Gasteiger partial charge in [0, 0.05) is 9.86 Å². The van der Waals surface area contributed by atoms with Crippen LogP contribution in [0.3, 0.4) is 0 Å². The van der Waals surface area contributed by atoms with Gasteiger partial charge in [-0.15, -0.1) is 0 Å². The predicted molar refractivity (Wildman–Crippen MR) is 93.9 cm³/mol. The van der Waals surface area contributed by atoms with Crippen molar-refractivity contribution in [2.24, 2.45) is 0 Å². The summed E-state index contributed by atoms with van der Waals surface area (Å²) >= 11 is 3.35. The highest BCUT2D eigenvalue weighted by Crippen LogP contribution is 2.32. The number of carbonyl (C=O) groups is 1. The molecule has 1 amide bonds. The van der Waals surface area contributed by atoms with Gasteiger partial charge >= 0.3 is 0 Å². The number of halogens is 1. The Kier molecular flexibility index (Phi) is 4.48. The number of hydrogen-bond acceptors (Lipinski definition) is 3. The maximum Gasteiger partial charge on any atom is 0.262 e. The molecule has 116 valence electrons. The van der Waals surface area contributed by atoms with Gasteiger partial charge in [0.1, 0.15) is 11.5 Å². The standard InChI is InChI=1S/C18H14BrNO3/c19-13-5-3-6-14(10-13)23-11-17(22)20-18-15-7-2-1-4-12(15)8-9-16(18)21/h1-10,21H,11H2,(H,20,22). The molecule has 0 saturated carbocycles. The first-order valence-corrected chi connectivity index (χ1v) is 7.82. The Labute approximate surface area is 141 Å². The van der Waals surface area contributed by atoms with Gasteiger partial charge < -0.3 is 15.2 Å². The lowest BCUT2D eigenvalue weighted by Crippen LogP contribution is -2.20. The van der Waals surface area contributed by atoms with Gasteiger partial charge in [-0.3, -0.25) is 4.79 Å². The Morgan fingerprint density at radius 3 is 2.74 bits per heavy atom. The number of phenols is 1. The van der Waals surface area contributed by atoms with E-state index < -0.39 is 0 Å². The van der Waals surface area contributed by atoms with Crippen LogP contribution in [0.2, 0.25) is 0 Å². The van der Waals surface area contributed by atoms with Crippen LogP contribution in [0, 0.1) is 0 Å². The number of aromatic hydroxyl groups is 1. The molecule has 3 rings (SSSR count). The second kappa shape index (κ2) is 6.71. The van der Waals surface area contributed by atoms with E-state index in [2.05, 4.69) is 21.2 Å². The summed E-state index contributed by atoms with van der Waals surface area (Å²) in [4.78, 5) is 12.1. The summed E-state index contributed by atoms with van der Waals surface area (Å²) in [5.41, 5.74) is 0.394. The Hall–Kier alpha value is -2.53. The summed E-state index contributed by atoms with van der Waals surface area (Å²) in [6.07, 6.45) is 0. The summed E-state index contributed by atoms with van der Waals surface area (Å²) in [5.74, 6) is 0.285. The van der Waals surface area contributed by atoms with Crippen LogP contribution < -0.4 is 10.1 Å². The second-order valence-electron chi connectivity index (χ2n) is 4.98. The zero-order valence-electron chi connectivity index (χ0n) is 12.1. The fourth-order valence-corrected chi connectivity index (χ4v) is 2.65. The average Bonchev–Trinajstić information content (AvgIpc) is 2.56. The molecule has 0 unspecified atom stereocenters. The highest BCUT2D eigenvalue weighted by atomic mass is 79.9. The molecule has 0 heterocycles. The van der Waals surface area contributed by atoms with E-state index in [1.165, 1.54) is 0 Å². The van der Waals surface area contributed by atoms with Gasteiger partial charge in [0.15, 0.2) is 6.61 Å². The van der Waals surface area contributed by atoms with Crippen molar-refractivity contribution in [2.75, 3.05) is 11.9 Å². The largest absolute Gasteiger partial charge is 0.506 e. The number of ether oxygens (including phenoxy) is 1. The minimum atomic E-state index is -0.336. The summed E-state index contributed by atoms with van der Waals surface area (Å²) < 4.78 is 6.33. The van der Waals surface area contributed by atoms with Crippen molar-refractivity contribution in [3.8, 4) is 11.5 Å². The molecule has 0 bridgehead atoms. The zero-order chi connectivity index (χ0) is 16.2. The van der Waals surface area contributed by atoms with Crippen LogP contribution in [0.5, 0.6) is 11.5 Å². The summed E-state index contributed by atoms with van der Waals surface area (Å²) in [6.45, 7) is -0.140. The third kappa shape index (κ3) is 3.63. The van der Waals surface area contributed by atoms with Crippen molar-refractivity contribution >= 4 is 38.3 Å². The Balaban J connectivity index is 1.74. The lowest BCUT2D eigenvalue weighted by Gasteiger charge is -2.11. The Bertz CT molecular complexity index is 864. The van der Waals surface area contributed by atoms with E-state index in [1.54, 1.807) is 24.3 Å². The number of hydrogen-bond donors (Lipinski definition) is 2. The molecular formula is C18H14BrNO3. The van der Waals surface area contributed by atoms with Gasteiger partial charge in [0.05, 0.1) is 5.69 Å².